The molecule has 35 heavy (non-hydrogen) atoms. The average Bonchev–Trinajstić information content (AvgIpc) is 3.41. The number of para-hydroxylation sites is 2. The molecule has 0 fully saturated rings. The van der Waals surface area contributed by atoms with Crippen LogP contribution in [0.4, 0.5) is 17.1 Å². The Kier molecular flexibility index (Phi) is 8.26. The molecular weight excluding hydrogens is 444 g/mol. The SMILES string of the molecule is CC.C[n+]1ccc(/C=C/c2ccc(-c3ccc(N(c4ccccc4)c4ccccc4)cc3)s2)cc1. The summed E-state index contributed by atoms with van der Waals surface area (Å²) in [5, 5.41) is 0. The first-order valence-electron chi connectivity index (χ1n) is 12.0. The monoisotopic (exact) mass is 475 g/mol. The van der Waals surface area contributed by atoms with E-state index in [0.29, 0.717) is 0 Å². The lowest BCUT2D eigenvalue weighted by Crippen LogP contribution is -2.25. The van der Waals surface area contributed by atoms with Crippen molar-refractivity contribution in [2.24, 2.45) is 7.05 Å². The molecule has 0 aliphatic carbocycles. The van der Waals surface area contributed by atoms with Gasteiger partial charge in [-0.3, -0.25) is 0 Å². The molecule has 174 valence electrons. The van der Waals surface area contributed by atoms with Crippen LogP contribution >= 0.6 is 11.3 Å². The van der Waals surface area contributed by atoms with Crippen molar-refractivity contribution in [2.75, 3.05) is 4.90 Å². The summed E-state index contributed by atoms with van der Waals surface area (Å²) in [4.78, 5) is 4.80. The summed E-state index contributed by atoms with van der Waals surface area (Å²) in [5.74, 6) is 0. The van der Waals surface area contributed by atoms with Crippen molar-refractivity contribution in [3.05, 3.63) is 132 Å². The maximum atomic E-state index is 2.28. The van der Waals surface area contributed by atoms with Crippen molar-refractivity contribution in [1.82, 2.24) is 0 Å². The van der Waals surface area contributed by atoms with Gasteiger partial charge in [-0.25, -0.2) is 4.57 Å². The number of nitrogens with zero attached hydrogens (tertiary/aromatic N) is 2. The van der Waals surface area contributed by atoms with Gasteiger partial charge in [-0.1, -0.05) is 68.5 Å². The molecule has 0 unspecified atom stereocenters. The Morgan fingerprint density at radius 1 is 0.600 bits per heavy atom. The molecular formula is C32H31N2S+. The standard InChI is InChI=1S/C30H25N2S.C2H6/c1-31-22-20-24(21-23-31)12-17-29-18-19-30(33-29)25-13-15-28(16-14-25)32(26-8-4-2-5-9-26)27-10-6-3-7-11-27;1-2/h2-23H,1H3;1-2H3/q+1;. The van der Waals surface area contributed by atoms with Crippen LogP contribution in [0.3, 0.4) is 0 Å². The molecule has 0 saturated carbocycles. The highest BCUT2D eigenvalue weighted by Gasteiger charge is 2.12. The van der Waals surface area contributed by atoms with Crippen molar-refractivity contribution in [2.45, 2.75) is 13.8 Å². The van der Waals surface area contributed by atoms with Gasteiger partial charge in [-0.05, 0) is 65.7 Å². The molecule has 0 amide bonds. The molecule has 0 bridgehead atoms. The molecule has 3 heteroatoms. The van der Waals surface area contributed by atoms with E-state index >= 15 is 0 Å². The third kappa shape index (κ3) is 6.14. The van der Waals surface area contributed by atoms with Crippen LogP contribution < -0.4 is 9.47 Å². The minimum Gasteiger partial charge on any atom is -0.311 e. The minimum absolute atomic E-state index is 1.14. The highest BCUT2D eigenvalue weighted by molar-refractivity contribution is 7.16. The zero-order valence-electron chi connectivity index (χ0n) is 20.5. The van der Waals surface area contributed by atoms with E-state index < -0.39 is 0 Å². The van der Waals surface area contributed by atoms with E-state index in [2.05, 4.69) is 139 Å². The lowest BCUT2D eigenvalue weighted by atomic mass is 10.1. The molecule has 0 atom stereocenters. The smallest absolute Gasteiger partial charge is 0.169 e. The molecule has 0 saturated heterocycles. The van der Waals surface area contributed by atoms with Gasteiger partial charge in [0.25, 0.3) is 0 Å². The van der Waals surface area contributed by atoms with Crippen LogP contribution in [0.5, 0.6) is 0 Å². The lowest BCUT2D eigenvalue weighted by Gasteiger charge is -2.25. The summed E-state index contributed by atoms with van der Waals surface area (Å²) >= 11 is 1.81. The van der Waals surface area contributed by atoms with Crippen LogP contribution in [0.1, 0.15) is 24.3 Å². The molecule has 0 aliphatic heterocycles. The Morgan fingerprint density at radius 2 is 1.14 bits per heavy atom. The third-order valence-corrected chi connectivity index (χ3v) is 6.61. The quantitative estimate of drug-likeness (QED) is 0.222. The fourth-order valence-corrected chi connectivity index (χ4v) is 4.69. The largest absolute Gasteiger partial charge is 0.311 e. The zero-order chi connectivity index (χ0) is 24.5. The minimum atomic E-state index is 1.14. The lowest BCUT2D eigenvalue weighted by molar-refractivity contribution is -0.671. The summed E-state index contributed by atoms with van der Waals surface area (Å²) in [6.45, 7) is 4.00. The van der Waals surface area contributed by atoms with Crippen LogP contribution in [-0.2, 0) is 7.05 Å². The van der Waals surface area contributed by atoms with Crippen LogP contribution in [0.15, 0.2) is 122 Å². The van der Waals surface area contributed by atoms with Crippen LogP contribution in [0.25, 0.3) is 22.6 Å². The zero-order valence-corrected chi connectivity index (χ0v) is 21.3. The second-order valence-electron chi connectivity index (χ2n) is 7.89. The molecule has 2 aromatic heterocycles. The molecule has 0 radical (unpaired) electrons. The van der Waals surface area contributed by atoms with E-state index in [-0.39, 0.29) is 0 Å². The number of hydrogen-bond acceptors (Lipinski definition) is 2. The topological polar surface area (TPSA) is 7.12 Å². The first-order valence-corrected chi connectivity index (χ1v) is 12.8. The van der Waals surface area contributed by atoms with Crippen molar-refractivity contribution in [1.29, 1.82) is 0 Å². The molecule has 0 aliphatic rings. The molecule has 2 nitrogen and oxygen atoms in total. The molecule has 2 heterocycles. The first kappa shape index (κ1) is 24.2. The van der Waals surface area contributed by atoms with Crippen LogP contribution in [-0.4, -0.2) is 0 Å². The number of anilines is 3. The Hall–Kier alpha value is -3.95. The molecule has 0 spiro atoms. The van der Waals surface area contributed by atoms with E-state index in [9.17, 15) is 0 Å². The van der Waals surface area contributed by atoms with E-state index in [1.54, 1.807) is 0 Å². The van der Waals surface area contributed by atoms with Gasteiger partial charge >= 0.3 is 0 Å². The normalized spacial score (nSPS) is 10.6. The maximum absolute atomic E-state index is 2.28. The maximum Gasteiger partial charge on any atom is 0.169 e. The highest BCUT2D eigenvalue weighted by atomic mass is 32.1. The average molecular weight is 476 g/mol. The van der Waals surface area contributed by atoms with E-state index in [1.807, 2.05) is 36.8 Å². The molecule has 3 aromatic carbocycles. The number of pyridine rings is 1. The number of aryl methyl sites for hydroxylation is 1. The summed E-state index contributed by atoms with van der Waals surface area (Å²) < 4.78 is 2.04. The van der Waals surface area contributed by atoms with Crippen molar-refractivity contribution < 1.29 is 4.57 Å². The van der Waals surface area contributed by atoms with Crippen molar-refractivity contribution in [3.8, 4) is 10.4 Å². The highest BCUT2D eigenvalue weighted by Crippen LogP contribution is 2.36. The fourth-order valence-electron chi connectivity index (χ4n) is 3.78. The van der Waals surface area contributed by atoms with E-state index in [4.69, 9.17) is 0 Å². The van der Waals surface area contributed by atoms with Gasteiger partial charge in [0.15, 0.2) is 12.4 Å². The van der Waals surface area contributed by atoms with Crippen LogP contribution in [0.2, 0.25) is 0 Å². The molecule has 5 rings (SSSR count). The third-order valence-electron chi connectivity index (χ3n) is 5.51. The predicted molar refractivity (Wildman–Crippen MR) is 152 cm³/mol. The number of benzene rings is 3. The van der Waals surface area contributed by atoms with Gasteiger partial charge in [0.1, 0.15) is 7.05 Å². The van der Waals surface area contributed by atoms with Gasteiger partial charge in [-0.2, -0.15) is 0 Å². The van der Waals surface area contributed by atoms with Gasteiger partial charge in [0.2, 0.25) is 0 Å². The van der Waals surface area contributed by atoms with Crippen molar-refractivity contribution in [3.63, 3.8) is 0 Å². The summed E-state index contributed by atoms with van der Waals surface area (Å²) in [6, 6.07) is 38.5. The summed E-state index contributed by atoms with van der Waals surface area (Å²) in [7, 11) is 2.03. The number of thiophene rings is 1. The second kappa shape index (κ2) is 12.0. The fraction of sp³-hybridized carbons (Fsp3) is 0.0938. The van der Waals surface area contributed by atoms with Crippen molar-refractivity contribution >= 4 is 40.6 Å². The summed E-state index contributed by atoms with van der Waals surface area (Å²) in [5.41, 5.74) is 5.87. The molecule has 0 N–H and O–H groups in total. The van der Waals surface area contributed by atoms with Crippen LogP contribution in [0, 0.1) is 0 Å². The first-order chi connectivity index (χ1) is 17.3. The predicted octanol–water partition coefficient (Wildman–Crippen LogP) is 8.91. The Bertz CT molecular complexity index is 1300. The van der Waals surface area contributed by atoms with Gasteiger partial charge in [0, 0.05) is 38.9 Å². The van der Waals surface area contributed by atoms with Gasteiger partial charge in [-0.15, -0.1) is 11.3 Å². The number of aromatic nitrogens is 1. The Balaban J connectivity index is 0.00000141. The van der Waals surface area contributed by atoms with Gasteiger partial charge in [0.05, 0.1) is 0 Å². The van der Waals surface area contributed by atoms with E-state index in [0.717, 1.165) is 17.1 Å². The molecule has 5 aromatic rings. The summed E-state index contributed by atoms with van der Waals surface area (Å²) in [6.07, 6.45) is 8.48. The van der Waals surface area contributed by atoms with Gasteiger partial charge < -0.3 is 4.90 Å². The number of hydrogen-bond donors (Lipinski definition) is 0. The second-order valence-corrected chi connectivity index (χ2v) is 9.00. The van der Waals surface area contributed by atoms with E-state index in [1.165, 1.54) is 20.9 Å². The Labute approximate surface area is 213 Å². The number of rotatable bonds is 6. The Morgan fingerprint density at radius 3 is 1.71 bits per heavy atom.